The Hall–Kier alpha value is -1.93. The molecule has 0 spiro atoms. The number of carbonyl (C=O) groups excluding carboxylic acids is 1. The third kappa shape index (κ3) is 6.87. The third-order valence-corrected chi connectivity index (χ3v) is 4.03. The van der Waals surface area contributed by atoms with E-state index in [1.54, 1.807) is 18.2 Å². The van der Waals surface area contributed by atoms with Crippen LogP contribution in [0.5, 0.6) is 0 Å². The summed E-state index contributed by atoms with van der Waals surface area (Å²) in [7, 11) is -3.69. The summed E-state index contributed by atoms with van der Waals surface area (Å²) in [6, 6.07) is 7.76. The monoisotopic (exact) mass is 314 g/mol. The van der Waals surface area contributed by atoms with Crippen LogP contribution in [0, 0.1) is 0 Å². The molecule has 0 bridgehead atoms. The van der Waals surface area contributed by atoms with Gasteiger partial charge in [-0.3, -0.25) is 9.59 Å². The molecule has 1 aromatic rings. The molecular formula is C13H18N2O5S. The van der Waals surface area contributed by atoms with Gasteiger partial charge in [0.1, 0.15) is 0 Å². The van der Waals surface area contributed by atoms with E-state index in [-0.39, 0.29) is 17.9 Å². The van der Waals surface area contributed by atoms with E-state index < -0.39 is 21.9 Å². The van der Waals surface area contributed by atoms with Gasteiger partial charge >= 0.3 is 5.97 Å². The second-order valence-electron chi connectivity index (χ2n) is 4.34. The molecule has 7 nitrogen and oxygen atoms in total. The van der Waals surface area contributed by atoms with E-state index in [2.05, 4.69) is 10.0 Å². The summed E-state index contributed by atoms with van der Waals surface area (Å²) in [4.78, 5) is 21.8. The molecule has 0 atom stereocenters. The quantitative estimate of drug-likeness (QED) is 0.569. The molecule has 0 aliphatic heterocycles. The summed E-state index contributed by atoms with van der Waals surface area (Å²) in [6.07, 6.45) is 1.05. The number of carboxylic acids is 1. The number of carbonyl (C=O) groups is 2. The fraction of sp³-hybridized carbons (Fsp3) is 0.385. The van der Waals surface area contributed by atoms with Gasteiger partial charge in [-0.2, -0.15) is 0 Å². The van der Waals surface area contributed by atoms with Crippen LogP contribution in [0.4, 0.5) is 0 Å². The minimum atomic E-state index is -3.69. The van der Waals surface area contributed by atoms with Crippen LogP contribution in [-0.4, -0.2) is 38.5 Å². The average molecular weight is 314 g/mol. The maximum atomic E-state index is 11.8. The van der Waals surface area contributed by atoms with E-state index >= 15 is 0 Å². The van der Waals surface area contributed by atoms with Gasteiger partial charge in [-0.05, 0) is 25.0 Å². The summed E-state index contributed by atoms with van der Waals surface area (Å²) in [6.45, 7) is -0.0324. The van der Waals surface area contributed by atoms with Gasteiger partial charge in [0, 0.05) is 13.0 Å². The number of aliphatic carboxylic acids is 1. The molecule has 0 radical (unpaired) electrons. The van der Waals surface area contributed by atoms with E-state index in [1.165, 1.54) is 12.1 Å². The number of hydrogen-bond acceptors (Lipinski definition) is 4. The van der Waals surface area contributed by atoms with E-state index in [4.69, 9.17) is 5.11 Å². The number of hydrogen-bond donors (Lipinski definition) is 3. The van der Waals surface area contributed by atoms with Crippen molar-refractivity contribution in [2.24, 2.45) is 0 Å². The number of nitrogens with one attached hydrogen (secondary N) is 2. The Balaban J connectivity index is 2.28. The highest BCUT2D eigenvalue weighted by Gasteiger charge is 2.14. The molecule has 8 heteroatoms. The Labute approximate surface area is 123 Å². The number of benzene rings is 1. The van der Waals surface area contributed by atoms with Crippen molar-refractivity contribution in [3.63, 3.8) is 0 Å². The van der Waals surface area contributed by atoms with Gasteiger partial charge in [-0.1, -0.05) is 18.2 Å². The van der Waals surface area contributed by atoms with Gasteiger partial charge in [0.05, 0.1) is 11.4 Å². The maximum Gasteiger partial charge on any atom is 0.303 e. The molecule has 0 aliphatic carbocycles. The van der Waals surface area contributed by atoms with Crippen LogP contribution in [0.15, 0.2) is 35.2 Å². The Morgan fingerprint density at radius 1 is 1.10 bits per heavy atom. The molecule has 0 fully saturated rings. The van der Waals surface area contributed by atoms with Crippen molar-refractivity contribution in [2.75, 3.05) is 13.1 Å². The van der Waals surface area contributed by atoms with Crippen molar-refractivity contribution < 1.29 is 23.1 Å². The van der Waals surface area contributed by atoms with Gasteiger partial charge in [0.2, 0.25) is 15.9 Å². The molecule has 0 aliphatic rings. The molecule has 0 saturated carbocycles. The zero-order chi connectivity index (χ0) is 15.7. The molecule has 1 aromatic carbocycles. The van der Waals surface area contributed by atoms with Gasteiger partial charge < -0.3 is 10.4 Å². The van der Waals surface area contributed by atoms with Crippen molar-refractivity contribution >= 4 is 21.9 Å². The van der Waals surface area contributed by atoms with E-state index in [1.807, 2.05) is 0 Å². The van der Waals surface area contributed by atoms with Crippen molar-refractivity contribution in [3.8, 4) is 0 Å². The maximum absolute atomic E-state index is 11.8. The van der Waals surface area contributed by atoms with Crippen LogP contribution in [-0.2, 0) is 19.6 Å². The van der Waals surface area contributed by atoms with E-state index in [9.17, 15) is 18.0 Å². The van der Waals surface area contributed by atoms with Crippen LogP contribution in [0.2, 0.25) is 0 Å². The smallest absolute Gasteiger partial charge is 0.303 e. The van der Waals surface area contributed by atoms with E-state index in [0.29, 0.717) is 19.4 Å². The molecule has 0 aromatic heterocycles. The Kier molecular flexibility index (Phi) is 6.83. The number of carboxylic acid groups (broad SMARTS) is 1. The second kappa shape index (κ2) is 8.38. The highest BCUT2D eigenvalue weighted by Crippen LogP contribution is 2.06. The van der Waals surface area contributed by atoms with Crippen LogP contribution in [0.3, 0.4) is 0 Å². The summed E-state index contributed by atoms with van der Waals surface area (Å²) < 4.78 is 25.9. The van der Waals surface area contributed by atoms with Gasteiger partial charge in [0.15, 0.2) is 0 Å². The summed E-state index contributed by atoms with van der Waals surface area (Å²) in [5.41, 5.74) is 0. The third-order valence-electron chi connectivity index (χ3n) is 2.62. The van der Waals surface area contributed by atoms with Gasteiger partial charge in [0.25, 0.3) is 0 Å². The molecule has 3 N–H and O–H groups in total. The largest absolute Gasteiger partial charge is 0.481 e. The summed E-state index contributed by atoms with van der Waals surface area (Å²) in [5.74, 6) is -1.33. The lowest BCUT2D eigenvalue weighted by Gasteiger charge is -2.07. The van der Waals surface area contributed by atoms with Crippen molar-refractivity contribution in [1.82, 2.24) is 10.0 Å². The normalized spacial score (nSPS) is 11.0. The van der Waals surface area contributed by atoms with E-state index in [0.717, 1.165) is 0 Å². The zero-order valence-electron chi connectivity index (χ0n) is 11.4. The van der Waals surface area contributed by atoms with Crippen molar-refractivity contribution in [3.05, 3.63) is 30.3 Å². The van der Waals surface area contributed by atoms with Crippen LogP contribution in [0.25, 0.3) is 0 Å². The fourth-order valence-electron chi connectivity index (χ4n) is 1.54. The predicted molar refractivity (Wildman–Crippen MR) is 76.1 cm³/mol. The first-order valence-corrected chi connectivity index (χ1v) is 7.93. The molecular weight excluding hydrogens is 296 g/mol. The molecule has 1 rings (SSSR count). The SMILES string of the molecule is O=C(O)CCCCNC(=O)CNS(=O)(=O)c1ccccc1. The summed E-state index contributed by atoms with van der Waals surface area (Å²) >= 11 is 0. The second-order valence-corrected chi connectivity index (χ2v) is 6.11. The highest BCUT2D eigenvalue weighted by molar-refractivity contribution is 7.89. The standard InChI is InChI=1S/C13H18N2O5S/c16-12(14-9-5-4-8-13(17)18)10-15-21(19,20)11-6-2-1-3-7-11/h1-3,6-7,15H,4-5,8-10H2,(H,14,16)(H,17,18). The molecule has 21 heavy (non-hydrogen) atoms. The zero-order valence-corrected chi connectivity index (χ0v) is 12.2. The molecule has 0 unspecified atom stereocenters. The molecule has 0 saturated heterocycles. The predicted octanol–water partition coefficient (Wildman–Crippen LogP) is 0.336. The highest BCUT2D eigenvalue weighted by atomic mass is 32.2. The Bertz CT molecular complexity index is 571. The lowest BCUT2D eigenvalue weighted by atomic mass is 10.2. The number of amides is 1. The average Bonchev–Trinajstić information content (AvgIpc) is 2.45. The molecule has 1 amide bonds. The fourth-order valence-corrected chi connectivity index (χ4v) is 2.54. The van der Waals surface area contributed by atoms with Crippen LogP contribution < -0.4 is 10.0 Å². The van der Waals surface area contributed by atoms with Gasteiger partial charge in [-0.25, -0.2) is 13.1 Å². The number of rotatable bonds is 9. The van der Waals surface area contributed by atoms with Crippen molar-refractivity contribution in [1.29, 1.82) is 0 Å². The first-order chi connectivity index (χ1) is 9.92. The van der Waals surface area contributed by atoms with Crippen molar-refractivity contribution in [2.45, 2.75) is 24.2 Å². The number of unbranched alkanes of at least 4 members (excludes halogenated alkanes) is 1. The minimum absolute atomic E-state index is 0.0521. The Morgan fingerprint density at radius 3 is 2.38 bits per heavy atom. The topological polar surface area (TPSA) is 113 Å². The molecule has 116 valence electrons. The molecule has 0 heterocycles. The number of sulfonamides is 1. The van der Waals surface area contributed by atoms with Gasteiger partial charge in [-0.15, -0.1) is 0 Å². The lowest BCUT2D eigenvalue weighted by Crippen LogP contribution is -2.37. The minimum Gasteiger partial charge on any atom is -0.481 e. The first kappa shape index (κ1) is 17.1. The first-order valence-electron chi connectivity index (χ1n) is 6.45. The lowest BCUT2D eigenvalue weighted by molar-refractivity contribution is -0.137. The Morgan fingerprint density at radius 2 is 1.76 bits per heavy atom. The van der Waals surface area contributed by atoms with Crippen LogP contribution in [0.1, 0.15) is 19.3 Å². The summed E-state index contributed by atoms with van der Waals surface area (Å²) in [5, 5.41) is 11.0. The van der Waals surface area contributed by atoms with Crippen LogP contribution >= 0.6 is 0 Å².